The molecular formula is C23H17BrN2O3S. The first kappa shape index (κ1) is 19.3. The van der Waals surface area contributed by atoms with Gasteiger partial charge < -0.3 is 9.73 Å². The van der Waals surface area contributed by atoms with Gasteiger partial charge in [0.15, 0.2) is 0 Å². The molecule has 5 rings (SSSR count). The van der Waals surface area contributed by atoms with E-state index in [9.17, 15) is 9.59 Å². The number of carbonyl (C=O) groups is 1. The van der Waals surface area contributed by atoms with Crippen molar-refractivity contribution in [3.05, 3.63) is 80.6 Å². The first-order valence-electron chi connectivity index (χ1n) is 9.62. The predicted molar refractivity (Wildman–Crippen MR) is 122 cm³/mol. The highest BCUT2D eigenvalue weighted by Gasteiger charge is 2.25. The standard InChI is InChI=1S/C23H17BrN2O3S/c24-14-5-8-16-13(9-22(27)29-20(16)10-14)12-30-21-11-18(23(28)25-15-6-7-15)17-3-1-2-4-19(17)26-21/h1-5,8-11,15H,6-7,12H2,(H,25,28). The van der Waals surface area contributed by atoms with Crippen LogP contribution in [0.25, 0.3) is 21.9 Å². The Morgan fingerprint density at radius 2 is 1.97 bits per heavy atom. The van der Waals surface area contributed by atoms with Crippen molar-refractivity contribution in [1.29, 1.82) is 0 Å². The second-order valence-corrected chi connectivity index (χ2v) is 9.20. The van der Waals surface area contributed by atoms with E-state index in [1.54, 1.807) is 6.07 Å². The molecule has 0 bridgehead atoms. The number of aromatic nitrogens is 1. The molecule has 1 amide bonds. The molecular weight excluding hydrogens is 464 g/mol. The lowest BCUT2D eigenvalue weighted by Gasteiger charge is -2.10. The summed E-state index contributed by atoms with van der Waals surface area (Å²) in [6.45, 7) is 0. The lowest BCUT2D eigenvalue weighted by molar-refractivity contribution is 0.0952. The molecule has 2 heterocycles. The average molecular weight is 481 g/mol. The quantitative estimate of drug-likeness (QED) is 0.310. The van der Waals surface area contributed by atoms with Gasteiger partial charge in [0.2, 0.25) is 0 Å². The van der Waals surface area contributed by atoms with E-state index in [2.05, 4.69) is 21.2 Å². The van der Waals surface area contributed by atoms with E-state index in [-0.39, 0.29) is 17.6 Å². The number of halogens is 1. The van der Waals surface area contributed by atoms with Gasteiger partial charge in [-0.2, -0.15) is 0 Å². The van der Waals surface area contributed by atoms with Crippen molar-refractivity contribution in [2.75, 3.05) is 0 Å². The molecule has 2 aromatic heterocycles. The smallest absolute Gasteiger partial charge is 0.336 e. The van der Waals surface area contributed by atoms with Crippen LogP contribution < -0.4 is 10.9 Å². The minimum absolute atomic E-state index is 0.0615. The largest absolute Gasteiger partial charge is 0.423 e. The molecule has 0 atom stereocenters. The molecule has 1 aliphatic rings. The Morgan fingerprint density at radius 3 is 2.80 bits per heavy atom. The minimum Gasteiger partial charge on any atom is -0.423 e. The maximum atomic E-state index is 12.8. The summed E-state index contributed by atoms with van der Waals surface area (Å²) in [7, 11) is 0. The van der Waals surface area contributed by atoms with Gasteiger partial charge in [-0.15, -0.1) is 11.8 Å². The third kappa shape index (κ3) is 4.00. The van der Waals surface area contributed by atoms with E-state index in [1.807, 2.05) is 42.5 Å². The van der Waals surface area contributed by atoms with Crippen molar-refractivity contribution < 1.29 is 9.21 Å². The van der Waals surface area contributed by atoms with Crippen LogP contribution in [0.5, 0.6) is 0 Å². The van der Waals surface area contributed by atoms with Crippen molar-refractivity contribution in [1.82, 2.24) is 10.3 Å². The topological polar surface area (TPSA) is 72.2 Å². The van der Waals surface area contributed by atoms with Crippen LogP contribution in [0.1, 0.15) is 28.8 Å². The van der Waals surface area contributed by atoms with E-state index in [4.69, 9.17) is 9.40 Å². The molecule has 7 heteroatoms. The molecule has 5 nitrogen and oxygen atoms in total. The minimum atomic E-state index is -0.382. The molecule has 0 radical (unpaired) electrons. The first-order chi connectivity index (χ1) is 14.6. The second kappa shape index (κ2) is 7.89. The zero-order valence-electron chi connectivity index (χ0n) is 15.9. The Kier molecular flexibility index (Phi) is 5.08. The number of nitrogens with one attached hydrogen (secondary N) is 1. The molecule has 4 aromatic rings. The SMILES string of the molecule is O=C(NC1CC1)c1cc(SCc2cc(=O)oc3cc(Br)ccc23)nc2ccccc12. The molecule has 0 spiro atoms. The number of hydrogen-bond donors (Lipinski definition) is 1. The monoisotopic (exact) mass is 480 g/mol. The summed E-state index contributed by atoms with van der Waals surface area (Å²) in [6, 6.07) is 17.0. The van der Waals surface area contributed by atoms with Gasteiger partial charge in [0.25, 0.3) is 5.91 Å². The number of thioether (sulfide) groups is 1. The van der Waals surface area contributed by atoms with Crippen LogP contribution in [0.3, 0.4) is 0 Å². The van der Waals surface area contributed by atoms with Crippen molar-refractivity contribution in [3.63, 3.8) is 0 Å². The highest BCUT2D eigenvalue weighted by molar-refractivity contribution is 9.10. The summed E-state index contributed by atoms with van der Waals surface area (Å²) in [6.07, 6.45) is 2.08. The predicted octanol–water partition coefficient (Wildman–Crippen LogP) is 5.29. The molecule has 1 aliphatic carbocycles. The van der Waals surface area contributed by atoms with E-state index in [1.165, 1.54) is 17.8 Å². The number of benzene rings is 2. The van der Waals surface area contributed by atoms with Gasteiger partial charge in [-0.25, -0.2) is 9.78 Å². The first-order valence-corrected chi connectivity index (χ1v) is 11.4. The van der Waals surface area contributed by atoms with Crippen LogP contribution in [-0.2, 0) is 5.75 Å². The van der Waals surface area contributed by atoms with Gasteiger partial charge in [0.1, 0.15) is 5.58 Å². The molecule has 1 saturated carbocycles. The Bertz CT molecular complexity index is 1350. The molecule has 1 N–H and O–H groups in total. The molecule has 0 aliphatic heterocycles. The Balaban J connectivity index is 1.49. The van der Waals surface area contributed by atoms with Crippen molar-refractivity contribution in [2.24, 2.45) is 0 Å². The van der Waals surface area contributed by atoms with E-state index >= 15 is 0 Å². The summed E-state index contributed by atoms with van der Waals surface area (Å²) in [4.78, 5) is 29.5. The third-order valence-corrected chi connectivity index (χ3v) is 6.47. The van der Waals surface area contributed by atoms with Crippen LogP contribution in [0.2, 0.25) is 0 Å². The van der Waals surface area contributed by atoms with Gasteiger partial charge in [-0.3, -0.25) is 4.79 Å². The Labute approximate surface area is 185 Å². The Hall–Kier alpha value is -2.64. The molecule has 2 aromatic carbocycles. The van der Waals surface area contributed by atoms with Crippen LogP contribution in [0.4, 0.5) is 0 Å². The van der Waals surface area contributed by atoms with Crippen LogP contribution in [-0.4, -0.2) is 16.9 Å². The number of para-hydroxylation sites is 1. The van der Waals surface area contributed by atoms with Gasteiger partial charge in [0, 0.05) is 33.1 Å². The number of fused-ring (bicyclic) bond motifs is 2. The molecule has 0 unspecified atom stereocenters. The third-order valence-electron chi connectivity index (χ3n) is 5.02. The summed E-state index contributed by atoms with van der Waals surface area (Å²) >= 11 is 4.91. The van der Waals surface area contributed by atoms with Crippen LogP contribution >= 0.6 is 27.7 Å². The fraction of sp³-hybridized carbons (Fsp3) is 0.174. The second-order valence-electron chi connectivity index (χ2n) is 7.29. The number of hydrogen-bond acceptors (Lipinski definition) is 5. The number of amides is 1. The molecule has 30 heavy (non-hydrogen) atoms. The maximum absolute atomic E-state index is 12.8. The number of carbonyl (C=O) groups excluding carboxylic acids is 1. The van der Waals surface area contributed by atoms with Gasteiger partial charge in [-0.1, -0.05) is 34.1 Å². The van der Waals surface area contributed by atoms with Crippen LogP contribution in [0, 0.1) is 0 Å². The summed E-state index contributed by atoms with van der Waals surface area (Å²) in [5.41, 5.74) is 2.45. The van der Waals surface area contributed by atoms with Crippen molar-refractivity contribution in [2.45, 2.75) is 29.7 Å². The van der Waals surface area contributed by atoms with Crippen molar-refractivity contribution in [3.8, 4) is 0 Å². The average Bonchev–Trinajstić information content (AvgIpc) is 3.54. The van der Waals surface area contributed by atoms with Gasteiger partial charge in [0.05, 0.1) is 16.1 Å². The molecule has 150 valence electrons. The van der Waals surface area contributed by atoms with Gasteiger partial charge in [-0.05, 0) is 48.7 Å². The van der Waals surface area contributed by atoms with E-state index < -0.39 is 0 Å². The number of rotatable bonds is 5. The van der Waals surface area contributed by atoms with E-state index in [0.717, 1.165) is 44.2 Å². The summed E-state index contributed by atoms with van der Waals surface area (Å²) < 4.78 is 6.18. The lowest BCUT2D eigenvalue weighted by Crippen LogP contribution is -2.25. The van der Waals surface area contributed by atoms with Crippen molar-refractivity contribution >= 4 is 55.5 Å². The fourth-order valence-corrected chi connectivity index (χ4v) is 4.62. The fourth-order valence-electron chi connectivity index (χ4n) is 3.38. The number of nitrogens with zero attached hydrogens (tertiary/aromatic N) is 1. The summed E-state index contributed by atoms with van der Waals surface area (Å²) in [5, 5.41) is 5.54. The maximum Gasteiger partial charge on any atom is 0.336 e. The van der Waals surface area contributed by atoms with E-state index in [0.29, 0.717) is 16.9 Å². The normalized spacial score (nSPS) is 13.6. The molecule has 0 saturated heterocycles. The zero-order valence-corrected chi connectivity index (χ0v) is 18.3. The van der Waals surface area contributed by atoms with Gasteiger partial charge >= 0.3 is 5.63 Å². The highest BCUT2D eigenvalue weighted by Crippen LogP contribution is 2.30. The lowest BCUT2D eigenvalue weighted by atomic mass is 10.1. The summed E-state index contributed by atoms with van der Waals surface area (Å²) in [5.74, 6) is 0.479. The van der Waals surface area contributed by atoms with Crippen LogP contribution in [0.15, 0.2) is 73.3 Å². The zero-order chi connectivity index (χ0) is 20.7. The highest BCUT2D eigenvalue weighted by atomic mass is 79.9. The Morgan fingerprint density at radius 1 is 1.13 bits per heavy atom. The number of pyridine rings is 1. The molecule has 1 fully saturated rings.